The standard InChI is InChI=1S/C16H27BrN2/c1-5-9-19-15(16(2,3)4)8-6-7-13-10-14(17)12-18-11-13/h10-12,15,19H,5-9H2,1-4H3. The van der Waals surface area contributed by atoms with Gasteiger partial charge in [0.15, 0.2) is 0 Å². The van der Waals surface area contributed by atoms with E-state index < -0.39 is 0 Å². The third kappa shape index (κ3) is 6.53. The Morgan fingerprint density at radius 2 is 2.05 bits per heavy atom. The third-order valence-corrected chi connectivity index (χ3v) is 3.84. The summed E-state index contributed by atoms with van der Waals surface area (Å²) in [6, 6.07) is 2.76. The first-order valence-corrected chi connectivity index (χ1v) is 8.05. The minimum absolute atomic E-state index is 0.324. The van der Waals surface area contributed by atoms with E-state index >= 15 is 0 Å². The lowest BCUT2D eigenvalue weighted by atomic mass is 9.83. The van der Waals surface area contributed by atoms with Gasteiger partial charge < -0.3 is 5.32 Å². The normalized spacial score (nSPS) is 13.5. The van der Waals surface area contributed by atoms with Crippen molar-refractivity contribution >= 4 is 15.9 Å². The Hall–Kier alpha value is -0.410. The minimum atomic E-state index is 0.324. The van der Waals surface area contributed by atoms with Gasteiger partial charge in [0.1, 0.15) is 0 Å². The summed E-state index contributed by atoms with van der Waals surface area (Å²) in [4.78, 5) is 4.22. The molecule has 108 valence electrons. The zero-order valence-electron chi connectivity index (χ0n) is 12.7. The first kappa shape index (κ1) is 16.6. The highest BCUT2D eigenvalue weighted by Gasteiger charge is 2.23. The predicted molar refractivity (Wildman–Crippen MR) is 86.4 cm³/mol. The first-order valence-electron chi connectivity index (χ1n) is 7.26. The van der Waals surface area contributed by atoms with Crippen LogP contribution >= 0.6 is 15.9 Å². The molecule has 0 spiro atoms. The van der Waals surface area contributed by atoms with Crippen LogP contribution in [0.4, 0.5) is 0 Å². The van der Waals surface area contributed by atoms with Crippen molar-refractivity contribution in [3.8, 4) is 0 Å². The van der Waals surface area contributed by atoms with Gasteiger partial charge in [-0.2, -0.15) is 0 Å². The van der Waals surface area contributed by atoms with Crippen LogP contribution in [0.1, 0.15) is 52.5 Å². The molecule has 19 heavy (non-hydrogen) atoms. The lowest BCUT2D eigenvalue weighted by Gasteiger charge is -2.32. The lowest BCUT2D eigenvalue weighted by molar-refractivity contribution is 0.251. The maximum absolute atomic E-state index is 4.22. The maximum atomic E-state index is 4.22. The molecule has 0 aliphatic rings. The summed E-state index contributed by atoms with van der Waals surface area (Å²) < 4.78 is 1.07. The smallest absolute Gasteiger partial charge is 0.0410 e. The fourth-order valence-electron chi connectivity index (χ4n) is 2.26. The lowest BCUT2D eigenvalue weighted by Crippen LogP contribution is -2.40. The Morgan fingerprint density at radius 1 is 1.32 bits per heavy atom. The maximum Gasteiger partial charge on any atom is 0.0410 e. The van der Waals surface area contributed by atoms with Crippen molar-refractivity contribution in [1.29, 1.82) is 0 Å². The van der Waals surface area contributed by atoms with Crippen LogP contribution in [0.15, 0.2) is 22.9 Å². The van der Waals surface area contributed by atoms with Crippen LogP contribution in [0.2, 0.25) is 0 Å². The molecule has 0 amide bonds. The van der Waals surface area contributed by atoms with Gasteiger partial charge in [-0.05, 0) is 65.2 Å². The Kier molecular flexibility index (Phi) is 7.01. The number of rotatable bonds is 7. The van der Waals surface area contributed by atoms with Gasteiger partial charge in [-0.3, -0.25) is 4.98 Å². The molecule has 1 N–H and O–H groups in total. The van der Waals surface area contributed by atoms with Gasteiger partial charge >= 0.3 is 0 Å². The van der Waals surface area contributed by atoms with E-state index in [0.29, 0.717) is 11.5 Å². The monoisotopic (exact) mass is 326 g/mol. The summed E-state index contributed by atoms with van der Waals surface area (Å²) in [6.07, 6.45) is 8.53. The minimum Gasteiger partial charge on any atom is -0.313 e. The topological polar surface area (TPSA) is 24.9 Å². The number of halogens is 1. The molecule has 0 aromatic carbocycles. The molecular weight excluding hydrogens is 300 g/mol. The highest BCUT2D eigenvalue weighted by atomic mass is 79.9. The highest BCUT2D eigenvalue weighted by Crippen LogP contribution is 2.24. The molecule has 0 saturated carbocycles. The van der Waals surface area contributed by atoms with E-state index in [1.165, 1.54) is 24.8 Å². The average Bonchev–Trinajstić information content (AvgIpc) is 2.32. The van der Waals surface area contributed by atoms with Crippen LogP contribution in [-0.4, -0.2) is 17.6 Å². The molecule has 1 aromatic heterocycles. The van der Waals surface area contributed by atoms with Gasteiger partial charge in [0.2, 0.25) is 0 Å². The van der Waals surface area contributed by atoms with Crippen molar-refractivity contribution in [1.82, 2.24) is 10.3 Å². The Bertz CT molecular complexity index is 371. The van der Waals surface area contributed by atoms with Crippen LogP contribution < -0.4 is 5.32 Å². The molecule has 0 aliphatic heterocycles. The van der Waals surface area contributed by atoms with Crippen molar-refractivity contribution in [2.45, 2.75) is 59.4 Å². The molecule has 1 atom stereocenters. The highest BCUT2D eigenvalue weighted by molar-refractivity contribution is 9.10. The molecule has 0 bridgehead atoms. The Morgan fingerprint density at radius 3 is 2.63 bits per heavy atom. The number of nitrogens with one attached hydrogen (secondary N) is 1. The van der Waals surface area contributed by atoms with Crippen LogP contribution in [0.5, 0.6) is 0 Å². The molecule has 0 radical (unpaired) electrons. The number of hydrogen-bond acceptors (Lipinski definition) is 2. The number of aryl methyl sites for hydroxylation is 1. The number of pyridine rings is 1. The van der Waals surface area contributed by atoms with Crippen LogP contribution in [0.25, 0.3) is 0 Å². The predicted octanol–water partition coefficient (Wildman–Crippen LogP) is 4.58. The largest absolute Gasteiger partial charge is 0.313 e. The van der Waals surface area contributed by atoms with E-state index in [1.807, 2.05) is 12.4 Å². The van der Waals surface area contributed by atoms with Crippen molar-refractivity contribution in [2.24, 2.45) is 5.41 Å². The van der Waals surface area contributed by atoms with E-state index in [-0.39, 0.29) is 0 Å². The van der Waals surface area contributed by atoms with Gasteiger partial charge in [-0.15, -0.1) is 0 Å². The molecule has 3 heteroatoms. The zero-order valence-corrected chi connectivity index (χ0v) is 14.3. The fourth-order valence-corrected chi connectivity index (χ4v) is 2.67. The SMILES string of the molecule is CCCNC(CCCc1cncc(Br)c1)C(C)(C)C. The molecule has 1 heterocycles. The summed E-state index contributed by atoms with van der Waals surface area (Å²) in [5.74, 6) is 0. The van der Waals surface area contributed by atoms with Crippen molar-refractivity contribution < 1.29 is 0 Å². The molecule has 2 nitrogen and oxygen atoms in total. The van der Waals surface area contributed by atoms with Gasteiger partial charge in [-0.1, -0.05) is 27.7 Å². The summed E-state index contributed by atoms with van der Waals surface area (Å²) >= 11 is 3.47. The third-order valence-electron chi connectivity index (χ3n) is 3.41. The second-order valence-electron chi connectivity index (χ2n) is 6.28. The molecule has 1 rings (SSSR count). The average molecular weight is 327 g/mol. The Labute approximate surface area is 126 Å². The molecule has 0 saturated heterocycles. The Balaban J connectivity index is 2.43. The zero-order chi connectivity index (χ0) is 14.3. The number of hydrogen-bond donors (Lipinski definition) is 1. The second kappa shape index (κ2) is 8.01. The van der Waals surface area contributed by atoms with E-state index in [0.717, 1.165) is 17.4 Å². The fraction of sp³-hybridized carbons (Fsp3) is 0.688. The van der Waals surface area contributed by atoms with E-state index in [9.17, 15) is 0 Å². The van der Waals surface area contributed by atoms with E-state index in [4.69, 9.17) is 0 Å². The summed E-state index contributed by atoms with van der Waals surface area (Å²) in [6.45, 7) is 10.3. The van der Waals surface area contributed by atoms with Gasteiger partial charge in [0, 0.05) is 22.9 Å². The number of aromatic nitrogens is 1. The molecule has 1 unspecified atom stereocenters. The summed E-state index contributed by atoms with van der Waals surface area (Å²) in [5.41, 5.74) is 1.64. The van der Waals surface area contributed by atoms with Gasteiger partial charge in [-0.25, -0.2) is 0 Å². The van der Waals surface area contributed by atoms with E-state index in [2.05, 4.69) is 60.0 Å². The van der Waals surface area contributed by atoms with Crippen molar-refractivity contribution in [2.75, 3.05) is 6.54 Å². The number of nitrogens with zero attached hydrogens (tertiary/aromatic N) is 1. The van der Waals surface area contributed by atoms with Crippen LogP contribution in [0.3, 0.4) is 0 Å². The summed E-state index contributed by atoms with van der Waals surface area (Å²) in [5, 5.41) is 3.68. The van der Waals surface area contributed by atoms with Gasteiger partial charge in [0.05, 0.1) is 0 Å². The molecule has 0 aliphatic carbocycles. The van der Waals surface area contributed by atoms with Gasteiger partial charge in [0.25, 0.3) is 0 Å². The molecule has 1 aromatic rings. The van der Waals surface area contributed by atoms with Crippen molar-refractivity contribution in [3.05, 3.63) is 28.5 Å². The van der Waals surface area contributed by atoms with Crippen LogP contribution in [0, 0.1) is 5.41 Å². The summed E-state index contributed by atoms with van der Waals surface area (Å²) in [7, 11) is 0. The quantitative estimate of drug-likeness (QED) is 0.793. The van der Waals surface area contributed by atoms with Crippen LogP contribution in [-0.2, 0) is 6.42 Å². The second-order valence-corrected chi connectivity index (χ2v) is 7.19. The molecular formula is C16H27BrN2. The van der Waals surface area contributed by atoms with Crippen molar-refractivity contribution in [3.63, 3.8) is 0 Å². The molecule has 0 fully saturated rings. The van der Waals surface area contributed by atoms with E-state index in [1.54, 1.807) is 0 Å². The first-order chi connectivity index (χ1) is 8.93.